The number of carbonyl (C=O) groups excluding carboxylic acids is 2. The molecule has 7 nitrogen and oxygen atoms in total. The maximum absolute atomic E-state index is 15.3. The lowest BCUT2D eigenvalue weighted by Crippen LogP contribution is -2.36. The van der Waals surface area contributed by atoms with Gasteiger partial charge in [-0.15, -0.1) is 0 Å². The van der Waals surface area contributed by atoms with Crippen LogP contribution >= 0.6 is 0 Å². The van der Waals surface area contributed by atoms with E-state index in [1.807, 2.05) is 4.90 Å². The Kier molecular flexibility index (Phi) is 6.53. The van der Waals surface area contributed by atoms with Crippen LogP contribution in [-0.2, 0) is 4.74 Å². The smallest absolute Gasteiger partial charge is 0.255 e. The summed E-state index contributed by atoms with van der Waals surface area (Å²) in [4.78, 5) is 36.1. The quantitative estimate of drug-likeness (QED) is 0.242. The predicted molar refractivity (Wildman–Crippen MR) is 127 cm³/mol. The van der Waals surface area contributed by atoms with Gasteiger partial charge in [0, 0.05) is 24.7 Å². The summed E-state index contributed by atoms with van der Waals surface area (Å²) in [5.41, 5.74) is -1.06. The van der Waals surface area contributed by atoms with Crippen LogP contribution in [0, 0.1) is 23.3 Å². The van der Waals surface area contributed by atoms with Crippen molar-refractivity contribution in [2.45, 2.75) is 0 Å². The molecule has 1 aliphatic rings. The van der Waals surface area contributed by atoms with E-state index in [9.17, 15) is 22.8 Å². The minimum Gasteiger partial charge on any atom is -0.378 e. The fourth-order valence-corrected chi connectivity index (χ4v) is 3.96. The standard InChI is InChI=1S/C26H18F4N4O3/c27-15-3-1-2-14(10-15)26(36)33-21-12-17(28)23(29)22(24(21)30)25(35)19-5-4-18-20(32-19)11-16(13-31-18)34-6-8-37-9-7-34/h1-5,10-13H,6-9H2,(H,33,36). The molecule has 2 aromatic carbocycles. The largest absolute Gasteiger partial charge is 0.378 e. The number of halogens is 4. The van der Waals surface area contributed by atoms with Gasteiger partial charge >= 0.3 is 0 Å². The molecule has 0 saturated carbocycles. The lowest BCUT2D eigenvalue weighted by atomic mass is 10.0. The van der Waals surface area contributed by atoms with Gasteiger partial charge in [-0.05, 0) is 36.4 Å². The van der Waals surface area contributed by atoms with Gasteiger partial charge in [0.05, 0.1) is 41.8 Å². The molecule has 0 atom stereocenters. The van der Waals surface area contributed by atoms with E-state index in [2.05, 4.69) is 15.3 Å². The Labute approximate surface area is 207 Å². The second kappa shape index (κ2) is 9.94. The number of carbonyl (C=O) groups is 2. The first-order valence-electron chi connectivity index (χ1n) is 11.2. The van der Waals surface area contributed by atoms with Gasteiger partial charge in [0.25, 0.3) is 5.91 Å². The highest BCUT2D eigenvalue weighted by Gasteiger charge is 2.27. The van der Waals surface area contributed by atoms with Crippen LogP contribution in [0.3, 0.4) is 0 Å². The second-order valence-corrected chi connectivity index (χ2v) is 8.23. The fraction of sp³-hybridized carbons (Fsp3) is 0.154. The van der Waals surface area contributed by atoms with E-state index in [1.54, 1.807) is 12.3 Å². The first kappa shape index (κ1) is 24.3. The molecule has 1 amide bonds. The number of hydrogen-bond donors (Lipinski definition) is 1. The van der Waals surface area contributed by atoms with Crippen molar-refractivity contribution in [2.24, 2.45) is 0 Å². The SMILES string of the molecule is O=C(Nc1cc(F)c(F)c(C(=O)c2ccc3ncc(N4CCOCC4)cc3n2)c1F)c1cccc(F)c1. The molecular weight excluding hydrogens is 492 g/mol. The minimum absolute atomic E-state index is 0.184. The average molecular weight is 510 g/mol. The van der Waals surface area contributed by atoms with E-state index in [0.717, 1.165) is 17.8 Å². The zero-order valence-corrected chi connectivity index (χ0v) is 19.1. The molecule has 1 aliphatic heterocycles. The van der Waals surface area contributed by atoms with Crippen molar-refractivity contribution in [3.05, 3.63) is 94.8 Å². The summed E-state index contributed by atoms with van der Waals surface area (Å²) in [6.45, 7) is 2.35. The van der Waals surface area contributed by atoms with Crippen molar-refractivity contribution in [3.63, 3.8) is 0 Å². The molecule has 37 heavy (non-hydrogen) atoms. The van der Waals surface area contributed by atoms with Crippen LogP contribution in [0.5, 0.6) is 0 Å². The van der Waals surface area contributed by atoms with Gasteiger partial charge in [0.2, 0.25) is 5.78 Å². The summed E-state index contributed by atoms with van der Waals surface area (Å²) in [6, 6.07) is 9.27. The third kappa shape index (κ3) is 4.85. The van der Waals surface area contributed by atoms with Gasteiger partial charge in [-0.1, -0.05) is 6.07 Å². The molecule has 11 heteroatoms. The Morgan fingerprint density at radius 1 is 0.919 bits per heavy atom. The lowest BCUT2D eigenvalue weighted by Gasteiger charge is -2.28. The summed E-state index contributed by atoms with van der Waals surface area (Å²) in [6.07, 6.45) is 1.65. The topological polar surface area (TPSA) is 84.4 Å². The number of pyridine rings is 2. The molecule has 2 aromatic heterocycles. The van der Waals surface area contributed by atoms with Crippen LogP contribution in [0.1, 0.15) is 26.4 Å². The highest BCUT2D eigenvalue weighted by atomic mass is 19.2. The van der Waals surface area contributed by atoms with Crippen molar-refractivity contribution in [3.8, 4) is 0 Å². The molecule has 188 valence electrons. The van der Waals surface area contributed by atoms with Crippen LogP contribution in [0.2, 0.25) is 0 Å². The first-order chi connectivity index (χ1) is 17.8. The van der Waals surface area contributed by atoms with E-state index < -0.39 is 46.2 Å². The number of benzene rings is 2. The summed E-state index contributed by atoms with van der Waals surface area (Å²) < 4.78 is 63.1. The molecule has 0 bridgehead atoms. The van der Waals surface area contributed by atoms with Crippen LogP contribution in [-0.4, -0.2) is 48.0 Å². The van der Waals surface area contributed by atoms with Gasteiger partial charge in [-0.25, -0.2) is 22.5 Å². The van der Waals surface area contributed by atoms with Crippen molar-refractivity contribution in [1.29, 1.82) is 0 Å². The van der Waals surface area contributed by atoms with Crippen LogP contribution in [0.15, 0.2) is 54.7 Å². The molecule has 0 radical (unpaired) electrons. The number of anilines is 2. The zero-order valence-electron chi connectivity index (χ0n) is 19.1. The van der Waals surface area contributed by atoms with Crippen LogP contribution < -0.4 is 10.2 Å². The van der Waals surface area contributed by atoms with Crippen LogP contribution in [0.25, 0.3) is 11.0 Å². The number of nitrogens with one attached hydrogen (secondary N) is 1. The molecular formula is C26H18F4N4O3. The predicted octanol–water partition coefficient (Wildman–Crippen LogP) is 4.51. The summed E-state index contributed by atoms with van der Waals surface area (Å²) in [5.74, 6) is -7.70. The zero-order chi connectivity index (χ0) is 26.1. The van der Waals surface area contributed by atoms with Crippen molar-refractivity contribution in [1.82, 2.24) is 9.97 Å². The average Bonchev–Trinajstić information content (AvgIpc) is 2.91. The molecule has 4 aromatic rings. The number of nitrogens with zero attached hydrogens (tertiary/aromatic N) is 3. The normalized spacial score (nSPS) is 13.6. The van der Waals surface area contributed by atoms with Crippen LogP contribution in [0.4, 0.5) is 28.9 Å². The molecule has 1 N–H and O–H groups in total. The van der Waals surface area contributed by atoms with E-state index >= 15 is 4.39 Å². The van der Waals surface area contributed by atoms with Gasteiger partial charge in [-0.2, -0.15) is 0 Å². The monoisotopic (exact) mass is 510 g/mol. The Balaban J connectivity index is 1.49. The molecule has 3 heterocycles. The molecule has 1 fully saturated rings. The number of rotatable bonds is 5. The maximum Gasteiger partial charge on any atom is 0.255 e. The van der Waals surface area contributed by atoms with E-state index in [-0.39, 0.29) is 11.3 Å². The minimum atomic E-state index is -1.73. The van der Waals surface area contributed by atoms with Gasteiger partial charge in [0.15, 0.2) is 17.5 Å². The third-order valence-corrected chi connectivity index (χ3v) is 5.85. The summed E-state index contributed by atoms with van der Waals surface area (Å²) >= 11 is 0. The number of ketones is 1. The van der Waals surface area contributed by atoms with E-state index in [1.165, 1.54) is 24.3 Å². The molecule has 5 rings (SSSR count). The summed E-state index contributed by atoms with van der Waals surface area (Å²) in [5, 5.41) is 2.06. The van der Waals surface area contributed by atoms with Crippen molar-refractivity contribution in [2.75, 3.05) is 36.5 Å². The number of aromatic nitrogens is 2. The molecule has 0 aliphatic carbocycles. The first-order valence-corrected chi connectivity index (χ1v) is 11.2. The van der Waals surface area contributed by atoms with Crippen molar-refractivity contribution < 1.29 is 31.9 Å². The number of ether oxygens (including phenoxy) is 1. The number of amides is 1. The van der Waals surface area contributed by atoms with Gasteiger partial charge < -0.3 is 15.0 Å². The van der Waals surface area contributed by atoms with E-state index in [4.69, 9.17) is 4.74 Å². The number of fused-ring (bicyclic) bond motifs is 1. The highest BCUT2D eigenvalue weighted by Crippen LogP contribution is 2.28. The Hall–Kier alpha value is -4.38. The molecule has 1 saturated heterocycles. The second-order valence-electron chi connectivity index (χ2n) is 8.23. The van der Waals surface area contributed by atoms with Gasteiger partial charge in [-0.3, -0.25) is 14.6 Å². The van der Waals surface area contributed by atoms with Gasteiger partial charge in [0.1, 0.15) is 17.1 Å². The Bertz CT molecular complexity index is 1540. The van der Waals surface area contributed by atoms with E-state index in [0.29, 0.717) is 43.4 Å². The lowest BCUT2D eigenvalue weighted by molar-refractivity contribution is 0.101. The maximum atomic E-state index is 15.3. The van der Waals surface area contributed by atoms with Crippen molar-refractivity contribution >= 4 is 34.1 Å². The Morgan fingerprint density at radius 3 is 2.46 bits per heavy atom. The number of morpholine rings is 1. The number of hydrogen-bond acceptors (Lipinski definition) is 6. The molecule has 0 spiro atoms. The Morgan fingerprint density at radius 2 is 1.70 bits per heavy atom. The summed E-state index contributed by atoms with van der Waals surface area (Å²) in [7, 11) is 0. The fourth-order valence-electron chi connectivity index (χ4n) is 3.96. The molecule has 0 unspecified atom stereocenters. The third-order valence-electron chi connectivity index (χ3n) is 5.85. The highest BCUT2D eigenvalue weighted by molar-refractivity contribution is 6.10.